The molecule has 1 unspecified atom stereocenters. The van der Waals surface area contributed by atoms with Crippen LogP contribution in [0.4, 0.5) is 5.69 Å². The zero-order valence-electron chi connectivity index (χ0n) is 14.8. The Bertz CT molecular complexity index is 1080. The number of benzene rings is 1. The summed E-state index contributed by atoms with van der Waals surface area (Å²) in [6, 6.07) is 9.98. The fraction of sp³-hybridized carbons (Fsp3) is 0.222. The molecule has 0 aliphatic carbocycles. The zero-order chi connectivity index (χ0) is 20.1. The minimum Gasteiger partial charge on any atom is -0.452 e. The SMILES string of the molecule is CC(OC(=O)CCn1nnc2ccccc2c1=O)C(=O)Nc1cccnc1Cl. The Morgan fingerprint density at radius 3 is 2.82 bits per heavy atom. The van der Waals surface area contributed by atoms with Gasteiger partial charge >= 0.3 is 5.97 Å². The number of nitrogens with zero attached hydrogens (tertiary/aromatic N) is 4. The Morgan fingerprint density at radius 1 is 1.25 bits per heavy atom. The number of aryl methyl sites for hydroxylation is 1. The molecular formula is C18H16ClN5O4. The van der Waals surface area contributed by atoms with Crippen molar-refractivity contribution in [1.29, 1.82) is 0 Å². The number of fused-ring (bicyclic) bond motifs is 1. The first-order chi connectivity index (χ1) is 13.5. The summed E-state index contributed by atoms with van der Waals surface area (Å²) in [7, 11) is 0. The number of hydrogen-bond donors (Lipinski definition) is 1. The number of halogens is 1. The summed E-state index contributed by atoms with van der Waals surface area (Å²) >= 11 is 5.87. The standard InChI is InChI=1S/C18H16ClN5O4/c1-11(17(26)21-14-7-4-9-20-16(14)19)28-15(25)8-10-24-18(27)12-5-2-3-6-13(12)22-23-24/h2-7,9,11H,8,10H2,1H3,(H,21,26). The molecule has 0 bridgehead atoms. The fourth-order valence-corrected chi connectivity index (χ4v) is 2.56. The molecular weight excluding hydrogens is 386 g/mol. The van der Waals surface area contributed by atoms with Crippen LogP contribution >= 0.6 is 11.6 Å². The number of ether oxygens (including phenoxy) is 1. The molecule has 144 valence electrons. The Labute approximate surface area is 164 Å². The number of esters is 1. The van der Waals surface area contributed by atoms with Gasteiger partial charge in [-0.05, 0) is 31.2 Å². The molecule has 0 fully saturated rings. The Kier molecular flexibility index (Phi) is 5.95. The highest BCUT2D eigenvalue weighted by molar-refractivity contribution is 6.32. The number of hydrogen-bond acceptors (Lipinski definition) is 7. The third-order valence-corrected chi connectivity index (χ3v) is 4.15. The van der Waals surface area contributed by atoms with Crippen molar-refractivity contribution in [2.45, 2.75) is 26.0 Å². The molecule has 1 atom stereocenters. The lowest BCUT2D eigenvalue weighted by molar-refractivity contribution is -0.153. The topological polar surface area (TPSA) is 116 Å². The van der Waals surface area contributed by atoms with Crippen LogP contribution in [0.25, 0.3) is 10.9 Å². The summed E-state index contributed by atoms with van der Waals surface area (Å²) in [4.78, 5) is 40.3. The Morgan fingerprint density at radius 2 is 2.04 bits per heavy atom. The zero-order valence-corrected chi connectivity index (χ0v) is 15.6. The van der Waals surface area contributed by atoms with Crippen molar-refractivity contribution >= 4 is 40.1 Å². The van der Waals surface area contributed by atoms with Crippen LogP contribution in [0, 0.1) is 0 Å². The van der Waals surface area contributed by atoms with E-state index in [4.69, 9.17) is 16.3 Å². The molecule has 1 N–H and O–H groups in total. The quantitative estimate of drug-likeness (QED) is 0.494. The number of nitrogens with one attached hydrogen (secondary N) is 1. The van der Waals surface area contributed by atoms with Crippen LogP contribution in [0.15, 0.2) is 47.4 Å². The van der Waals surface area contributed by atoms with Gasteiger partial charge in [0.15, 0.2) is 11.3 Å². The van der Waals surface area contributed by atoms with Crippen molar-refractivity contribution in [2.24, 2.45) is 0 Å². The first kappa shape index (κ1) is 19.4. The second-order valence-corrected chi connectivity index (χ2v) is 6.21. The predicted octanol–water partition coefficient (Wildman–Crippen LogP) is 1.80. The van der Waals surface area contributed by atoms with Crippen molar-refractivity contribution in [3.8, 4) is 0 Å². The Hall–Kier alpha value is -3.33. The second-order valence-electron chi connectivity index (χ2n) is 5.85. The van der Waals surface area contributed by atoms with E-state index in [-0.39, 0.29) is 23.7 Å². The third kappa shape index (κ3) is 4.49. The van der Waals surface area contributed by atoms with Crippen molar-refractivity contribution in [2.75, 3.05) is 5.32 Å². The van der Waals surface area contributed by atoms with Gasteiger partial charge in [-0.1, -0.05) is 28.9 Å². The van der Waals surface area contributed by atoms with E-state index in [0.29, 0.717) is 16.6 Å². The maximum Gasteiger partial charge on any atom is 0.308 e. The van der Waals surface area contributed by atoms with Gasteiger partial charge in [0.2, 0.25) is 0 Å². The first-order valence-electron chi connectivity index (χ1n) is 8.39. The second kappa shape index (κ2) is 8.57. The van der Waals surface area contributed by atoms with Crippen LogP contribution in [0.2, 0.25) is 5.15 Å². The van der Waals surface area contributed by atoms with Crippen molar-refractivity contribution in [3.05, 3.63) is 58.1 Å². The molecule has 0 aliphatic heterocycles. The van der Waals surface area contributed by atoms with Gasteiger partial charge < -0.3 is 10.1 Å². The lowest BCUT2D eigenvalue weighted by Gasteiger charge is -2.14. The molecule has 0 saturated carbocycles. The number of rotatable bonds is 6. The lowest BCUT2D eigenvalue weighted by Crippen LogP contribution is -2.31. The highest BCUT2D eigenvalue weighted by atomic mass is 35.5. The normalized spacial score (nSPS) is 11.8. The van der Waals surface area contributed by atoms with Gasteiger partial charge in [-0.2, -0.15) is 0 Å². The molecule has 10 heteroatoms. The van der Waals surface area contributed by atoms with Crippen LogP contribution in [0.3, 0.4) is 0 Å². The molecule has 28 heavy (non-hydrogen) atoms. The number of carbonyl (C=O) groups is 2. The van der Waals surface area contributed by atoms with E-state index in [1.54, 1.807) is 36.4 Å². The molecule has 2 heterocycles. The largest absolute Gasteiger partial charge is 0.452 e. The highest BCUT2D eigenvalue weighted by Crippen LogP contribution is 2.17. The van der Waals surface area contributed by atoms with Gasteiger partial charge in [-0.25, -0.2) is 9.67 Å². The molecule has 2 aromatic heterocycles. The van der Waals surface area contributed by atoms with Crippen molar-refractivity contribution in [1.82, 2.24) is 20.0 Å². The summed E-state index contributed by atoms with van der Waals surface area (Å²) in [5.41, 5.74) is 0.441. The van der Waals surface area contributed by atoms with Gasteiger partial charge in [0, 0.05) is 6.20 Å². The molecule has 9 nitrogen and oxygen atoms in total. The summed E-state index contributed by atoms with van der Waals surface area (Å²) in [5.74, 6) is -1.20. The molecule has 0 radical (unpaired) electrons. The summed E-state index contributed by atoms with van der Waals surface area (Å²) in [6.45, 7) is 1.41. The minimum atomic E-state index is -1.05. The highest BCUT2D eigenvalue weighted by Gasteiger charge is 2.19. The molecule has 3 aromatic rings. The van der Waals surface area contributed by atoms with E-state index < -0.39 is 18.0 Å². The average molecular weight is 402 g/mol. The number of pyridine rings is 1. The number of carbonyl (C=O) groups excluding carboxylic acids is 2. The van der Waals surface area contributed by atoms with Gasteiger partial charge in [0.25, 0.3) is 11.5 Å². The Balaban J connectivity index is 1.57. The van der Waals surface area contributed by atoms with E-state index in [2.05, 4.69) is 20.6 Å². The van der Waals surface area contributed by atoms with E-state index in [9.17, 15) is 14.4 Å². The van der Waals surface area contributed by atoms with Gasteiger partial charge in [0.1, 0.15) is 5.52 Å². The summed E-state index contributed by atoms with van der Waals surface area (Å²) in [5, 5.41) is 10.8. The molecule has 1 amide bonds. The number of anilines is 1. The van der Waals surface area contributed by atoms with E-state index in [1.165, 1.54) is 13.1 Å². The van der Waals surface area contributed by atoms with Crippen LogP contribution in [0.1, 0.15) is 13.3 Å². The van der Waals surface area contributed by atoms with E-state index >= 15 is 0 Å². The van der Waals surface area contributed by atoms with Gasteiger partial charge in [0.05, 0.1) is 24.0 Å². The molecule has 0 aliphatic rings. The molecule has 0 spiro atoms. The van der Waals surface area contributed by atoms with E-state index in [1.807, 2.05) is 0 Å². The van der Waals surface area contributed by atoms with Crippen LogP contribution < -0.4 is 10.9 Å². The summed E-state index contributed by atoms with van der Waals surface area (Å²) < 4.78 is 6.18. The number of amides is 1. The van der Waals surface area contributed by atoms with Crippen LogP contribution in [0.5, 0.6) is 0 Å². The van der Waals surface area contributed by atoms with Gasteiger partial charge in [-0.3, -0.25) is 14.4 Å². The minimum absolute atomic E-state index is 0.0156. The molecule has 1 aromatic carbocycles. The fourth-order valence-electron chi connectivity index (χ4n) is 2.39. The maximum absolute atomic E-state index is 12.3. The maximum atomic E-state index is 12.3. The monoisotopic (exact) mass is 401 g/mol. The predicted molar refractivity (Wildman–Crippen MR) is 102 cm³/mol. The van der Waals surface area contributed by atoms with Gasteiger partial charge in [-0.15, -0.1) is 5.10 Å². The first-order valence-corrected chi connectivity index (χ1v) is 8.77. The van der Waals surface area contributed by atoms with Crippen LogP contribution in [-0.2, 0) is 20.9 Å². The van der Waals surface area contributed by atoms with Crippen molar-refractivity contribution < 1.29 is 14.3 Å². The average Bonchev–Trinajstić information content (AvgIpc) is 2.69. The molecule has 3 rings (SSSR count). The van der Waals surface area contributed by atoms with Crippen molar-refractivity contribution in [3.63, 3.8) is 0 Å². The molecule has 0 saturated heterocycles. The summed E-state index contributed by atoms with van der Waals surface area (Å²) in [6.07, 6.45) is 0.292. The van der Waals surface area contributed by atoms with E-state index in [0.717, 1.165) is 4.68 Å². The smallest absolute Gasteiger partial charge is 0.308 e. The third-order valence-electron chi connectivity index (χ3n) is 3.85. The lowest BCUT2D eigenvalue weighted by atomic mass is 10.2. The van der Waals surface area contributed by atoms with Crippen LogP contribution in [-0.4, -0.2) is 38.0 Å². The number of aromatic nitrogens is 4.